The van der Waals surface area contributed by atoms with Crippen LogP contribution in [0.25, 0.3) is 16.3 Å². The molecule has 0 N–H and O–H groups in total. The van der Waals surface area contributed by atoms with Crippen LogP contribution in [0.5, 0.6) is 5.75 Å². The summed E-state index contributed by atoms with van der Waals surface area (Å²) in [6, 6.07) is 6.27. The van der Waals surface area contributed by atoms with E-state index >= 15 is 13.2 Å². The molecule has 9 nitrogen and oxygen atoms in total. The SMILES string of the molecule is COCOc1cc(C2=C(F)C3=NC(OC[C@@]45CCCN4C[C@H](F)C5)=NN4C[C@H](F)CC(=C34)[C@@H]3CON=C23)c2c(C#C[Si](C(C)C)(C(C)C)C(C)C)c(F)ccc2c1. The van der Waals surface area contributed by atoms with Crippen molar-refractivity contribution in [3.63, 3.8) is 0 Å². The maximum absolute atomic E-state index is 18.1. The predicted octanol–water partition coefficient (Wildman–Crippen LogP) is 8.84. The van der Waals surface area contributed by atoms with Crippen molar-refractivity contribution in [2.75, 3.05) is 46.8 Å². The van der Waals surface area contributed by atoms with E-state index in [9.17, 15) is 4.39 Å². The van der Waals surface area contributed by atoms with Crippen LogP contribution < -0.4 is 4.74 Å². The second-order valence-corrected chi connectivity index (χ2v) is 22.7. The molecular formula is C43H51F4N5O4Si. The van der Waals surface area contributed by atoms with Crippen LogP contribution in [0.4, 0.5) is 17.6 Å². The predicted molar refractivity (Wildman–Crippen MR) is 216 cm³/mol. The van der Waals surface area contributed by atoms with Gasteiger partial charge in [-0.15, -0.1) is 10.6 Å². The first-order chi connectivity index (χ1) is 27.3. The lowest BCUT2D eigenvalue weighted by molar-refractivity contribution is 0.0512. The Kier molecular flexibility index (Phi) is 10.6. The smallest absolute Gasteiger partial charge is 0.334 e. The third-order valence-electron chi connectivity index (χ3n) is 13.0. The summed E-state index contributed by atoms with van der Waals surface area (Å²) in [7, 11) is -0.851. The zero-order valence-corrected chi connectivity index (χ0v) is 34.7. The van der Waals surface area contributed by atoms with Crippen molar-refractivity contribution in [1.82, 2.24) is 9.91 Å². The number of halogens is 4. The number of hydrogen-bond donors (Lipinski definition) is 0. The molecule has 0 unspecified atom stereocenters. The van der Waals surface area contributed by atoms with Crippen LogP contribution in [0.1, 0.15) is 78.4 Å². The normalized spacial score (nSPS) is 25.9. The molecule has 0 aromatic heterocycles. The van der Waals surface area contributed by atoms with Crippen molar-refractivity contribution in [1.29, 1.82) is 0 Å². The number of oxime groups is 1. The van der Waals surface area contributed by atoms with Gasteiger partial charge in [-0.05, 0) is 70.7 Å². The van der Waals surface area contributed by atoms with E-state index in [0.717, 1.165) is 19.4 Å². The zero-order valence-electron chi connectivity index (χ0n) is 33.7. The van der Waals surface area contributed by atoms with E-state index in [1.807, 2.05) is 0 Å². The maximum Gasteiger partial charge on any atom is 0.334 e. The number of aliphatic imine (C=N–C) groups is 1. The molecular weight excluding hydrogens is 755 g/mol. The molecule has 57 heavy (non-hydrogen) atoms. The summed E-state index contributed by atoms with van der Waals surface area (Å²) in [4.78, 5) is 12.5. The van der Waals surface area contributed by atoms with Crippen LogP contribution in [-0.4, -0.2) is 100 Å². The van der Waals surface area contributed by atoms with Crippen molar-refractivity contribution < 1.29 is 36.6 Å². The van der Waals surface area contributed by atoms with Gasteiger partial charge in [0.05, 0.1) is 29.3 Å². The number of amidine groups is 1. The molecule has 8 rings (SSSR count). The Balaban J connectivity index is 1.34. The number of benzene rings is 2. The van der Waals surface area contributed by atoms with Crippen LogP contribution in [0.3, 0.4) is 0 Å². The quantitative estimate of drug-likeness (QED) is 0.109. The summed E-state index contributed by atoms with van der Waals surface area (Å²) < 4.78 is 82.3. The van der Waals surface area contributed by atoms with Gasteiger partial charge in [0.2, 0.25) is 0 Å². The number of allylic oxidation sites excluding steroid dienone is 2. The average Bonchev–Trinajstić information content (AvgIpc) is 3.86. The molecule has 2 aromatic rings. The third kappa shape index (κ3) is 6.67. The minimum atomic E-state index is -2.35. The van der Waals surface area contributed by atoms with Crippen LogP contribution in [0, 0.1) is 23.2 Å². The fourth-order valence-corrected chi connectivity index (χ4v) is 15.7. The van der Waals surface area contributed by atoms with Gasteiger partial charge in [-0.25, -0.2) is 17.6 Å². The molecule has 6 aliphatic rings. The Bertz CT molecular complexity index is 2170. The second-order valence-electron chi connectivity index (χ2n) is 17.2. The number of methoxy groups -OCH3 is 1. The highest BCUT2D eigenvalue weighted by atomic mass is 28.3. The second kappa shape index (κ2) is 15.2. The van der Waals surface area contributed by atoms with Gasteiger partial charge in [0, 0.05) is 37.5 Å². The number of ether oxygens (including phenoxy) is 3. The molecule has 0 saturated carbocycles. The monoisotopic (exact) mass is 805 g/mol. The van der Waals surface area contributed by atoms with E-state index in [-0.39, 0.29) is 83.7 Å². The van der Waals surface area contributed by atoms with Crippen molar-refractivity contribution in [3.8, 4) is 17.2 Å². The van der Waals surface area contributed by atoms with Gasteiger partial charge in [0.15, 0.2) is 12.6 Å². The van der Waals surface area contributed by atoms with Gasteiger partial charge in [0.1, 0.15) is 56.6 Å². The van der Waals surface area contributed by atoms with Crippen LogP contribution in [0.2, 0.25) is 16.6 Å². The highest BCUT2D eigenvalue weighted by Gasteiger charge is 2.51. The maximum atomic E-state index is 18.1. The molecule has 0 bridgehead atoms. The van der Waals surface area contributed by atoms with Crippen molar-refractivity contribution in [3.05, 3.63) is 58.3 Å². The molecule has 2 saturated heterocycles. The van der Waals surface area contributed by atoms with Crippen molar-refractivity contribution in [2.45, 2.75) is 102 Å². The first-order valence-electron chi connectivity index (χ1n) is 20.1. The average molecular weight is 806 g/mol. The van der Waals surface area contributed by atoms with E-state index in [0.29, 0.717) is 40.8 Å². The number of rotatable bonds is 9. The first kappa shape index (κ1) is 39.6. The van der Waals surface area contributed by atoms with Crippen molar-refractivity contribution in [2.24, 2.45) is 21.2 Å². The van der Waals surface area contributed by atoms with Gasteiger partial charge in [0.25, 0.3) is 0 Å². The van der Waals surface area contributed by atoms with Gasteiger partial charge in [-0.2, -0.15) is 4.99 Å². The first-order valence-corrected chi connectivity index (χ1v) is 22.4. The molecule has 1 aliphatic carbocycles. The highest BCUT2D eigenvalue weighted by molar-refractivity contribution is 6.90. The minimum absolute atomic E-state index is 0.00443. The molecule has 14 heteroatoms. The number of hydrazone groups is 1. The topological polar surface area (TPSA) is 80.5 Å². The van der Waals surface area contributed by atoms with E-state index in [4.69, 9.17) is 24.0 Å². The molecule has 5 aliphatic heterocycles. The molecule has 0 spiro atoms. The van der Waals surface area contributed by atoms with E-state index < -0.39 is 43.5 Å². The minimum Gasteiger partial charge on any atom is -0.468 e. The Hall–Kier alpha value is -4.19. The lowest BCUT2D eigenvalue weighted by Gasteiger charge is -2.38. The summed E-state index contributed by atoms with van der Waals surface area (Å²) >= 11 is 0. The third-order valence-corrected chi connectivity index (χ3v) is 19.3. The number of nitrogens with zero attached hydrogens (tertiary/aromatic N) is 5. The standard InChI is InChI=1S/C43H51F4N5O4Si/c1-24(2)57(25(3)4,26(5)6)14-11-31-35(46)10-9-27-15-30(55-23-53-7)17-33(36(27)31)37-38(47)40-41-32(34-21-56-50-39(34)37)16-28(44)20-52(41)49-42(48-40)54-22-43-12-8-13-51(43)19-29(45)18-43/h9-10,15,17,24-26,28-29,34H,8,12-13,16,18-23H2,1-7H3/t28-,29-,34+,43+/m1/s1. The number of fused-ring (bicyclic) bond motifs is 4. The Morgan fingerprint density at radius 1 is 1.02 bits per heavy atom. The summed E-state index contributed by atoms with van der Waals surface area (Å²) in [5.74, 6) is 1.71. The molecule has 0 amide bonds. The molecule has 304 valence electrons. The molecule has 5 heterocycles. The fourth-order valence-electron chi connectivity index (χ4n) is 10.5. The Labute approximate surface area is 332 Å². The van der Waals surface area contributed by atoms with Gasteiger partial charge < -0.3 is 19.0 Å². The van der Waals surface area contributed by atoms with Crippen LogP contribution in [-0.2, 0) is 14.3 Å². The zero-order chi connectivity index (χ0) is 40.4. The summed E-state index contributed by atoms with van der Waals surface area (Å²) in [6.45, 7) is 14.2. The Morgan fingerprint density at radius 3 is 2.53 bits per heavy atom. The molecule has 0 radical (unpaired) electrons. The Morgan fingerprint density at radius 2 is 1.79 bits per heavy atom. The lowest BCUT2D eigenvalue weighted by Crippen LogP contribution is -2.44. The lowest BCUT2D eigenvalue weighted by atomic mass is 9.83. The number of alkyl halides is 2. The molecule has 4 atom stereocenters. The van der Waals surface area contributed by atoms with E-state index in [1.54, 1.807) is 18.2 Å². The van der Waals surface area contributed by atoms with E-state index in [2.05, 4.69) is 68.2 Å². The summed E-state index contributed by atoms with van der Waals surface area (Å²) in [6.07, 6.45) is -0.304. The van der Waals surface area contributed by atoms with Crippen LogP contribution in [0.15, 0.2) is 56.6 Å². The summed E-state index contributed by atoms with van der Waals surface area (Å²) in [5.41, 5.74) is 5.48. The molecule has 2 aromatic carbocycles. The van der Waals surface area contributed by atoms with Gasteiger partial charge in [-0.1, -0.05) is 58.7 Å². The molecule has 2 fully saturated rings. The van der Waals surface area contributed by atoms with Crippen molar-refractivity contribution >= 4 is 41.9 Å². The summed E-state index contributed by atoms with van der Waals surface area (Å²) in [5, 5.41) is 11.4. The highest BCUT2D eigenvalue weighted by Crippen LogP contribution is 2.47. The fraction of sp³-hybridized carbons (Fsp3) is 0.558. The number of hydrogen-bond acceptors (Lipinski definition) is 9. The van der Waals surface area contributed by atoms with Gasteiger partial charge >= 0.3 is 6.02 Å². The largest absolute Gasteiger partial charge is 0.468 e. The van der Waals surface area contributed by atoms with Crippen LogP contribution >= 0.6 is 0 Å². The van der Waals surface area contributed by atoms with Gasteiger partial charge in [-0.3, -0.25) is 9.91 Å². The van der Waals surface area contributed by atoms with E-state index in [1.165, 1.54) is 18.2 Å².